The van der Waals surface area contributed by atoms with Crippen LogP contribution < -0.4 is 5.63 Å². The first-order valence-electron chi connectivity index (χ1n) is 8.72. The summed E-state index contributed by atoms with van der Waals surface area (Å²) in [5.74, 6) is 1.55. The van der Waals surface area contributed by atoms with Crippen molar-refractivity contribution in [1.29, 1.82) is 0 Å². The van der Waals surface area contributed by atoms with Crippen LogP contribution in [0.3, 0.4) is 0 Å². The van der Waals surface area contributed by atoms with Gasteiger partial charge in [0.2, 0.25) is 0 Å². The number of para-hydroxylation sites is 1. The average Bonchev–Trinajstić information content (AvgIpc) is 3.17. The number of aromatic nitrogens is 2. The summed E-state index contributed by atoms with van der Waals surface area (Å²) in [4.78, 5) is 21.1. The average molecular weight is 403 g/mol. The molecule has 1 unspecified atom stereocenters. The summed E-state index contributed by atoms with van der Waals surface area (Å²) in [7, 11) is 1.61. The first kappa shape index (κ1) is 20.1. The van der Waals surface area contributed by atoms with Crippen LogP contribution in [0.4, 0.5) is 0 Å². The van der Waals surface area contributed by atoms with E-state index in [-0.39, 0.29) is 11.3 Å². The second-order valence-corrected chi connectivity index (χ2v) is 7.00. The number of fused-ring (bicyclic) bond motifs is 1. The molecule has 0 aliphatic rings. The lowest BCUT2D eigenvalue weighted by molar-refractivity contribution is 0.199. The minimum atomic E-state index is -0.658. The Morgan fingerprint density at radius 1 is 1.39 bits per heavy atom. The summed E-state index contributed by atoms with van der Waals surface area (Å²) in [6.07, 6.45) is 4.48. The van der Waals surface area contributed by atoms with Crippen LogP contribution in [-0.2, 0) is 11.2 Å². The third kappa shape index (κ3) is 4.60. The fourth-order valence-electron chi connectivity index (χ4n) is 2.62. The van der Waals surface area contributed by atoms with Crippen LogP contribution in [0.25, 0.3) is 11.0 Å². The second-order valence-electron chi connectivity index (χ2n) is 6.02. The molecule has 148 valence electrons. The monoisotopic (exact) mass is 403 g/mol. The Labute approximate surface area is 165 Å². The maximum absolute atomic E-state index is 12.3. The van der Waals surface area contributed by atoms with Gasteiger partial charge in [-0.1, -0.05) is 17.3 Å². The number of hydrogen-bond donors (Lipinski definition) is 1. The van der Waals surface area contributed by atoms with E-state index in [2.05, 4.69) is 15.1 Å². The molecule has 0 aliphatic carbocycles. The molecule has 1 atom stereocenters. The second kappa shape index (κ2) is 9.52. The molecule has 0 amide bonds. The molecular formula is C19H21N3O5S. The summed E-state index contributed by atoms with van der Waals surface area (Å²) in [6, 6.07) is 6.36. The molecule has 1 aromatic carbocycles. The Morgan fingerprint density at radius 2 is 2.21 bits per heavy atom. The Hall–Kier alpha value is -2.65. The maximum Gasteiger partial charge on any atom is 0.348 e. The lowest BCUT2D eigenvalue weighted by Crippen LogP contribution is -2.08. The van der Waals surface area contributed by atoms with Crippen molar-refractivity contribution >= 4 is 28.9 Å². The van der Waals surface area contributed by atoms with Crippen molar-refractivity contribution in [1.82, 2.24) is 10.1 Å². The molecule has 0 fully saturated rings. The molecule has 2 heterocycles. The molecule has 3 aromatic rings. The first-order chi connectivity index (χ1) is 13.6. The van der Waals surface area contributed by atoms with Gasteiger partial charge >= 0.3 is 5.63 Å². The van der Waals surface area contributed by atoms with Crippen LogP contribution in [0, 0.1) is 0 Å². The molecule has 0 radical (unpaired) electrons. The molecule has 0 saturated heterocycles. The highest BCUT2D eigenvalue weighted by Gasteiger charge is 2.19. The lowest BCUT2D eigenvalue weighted by atomic mass is 10.1. The van der Waals surface area contributed by atoms with E-state index in [0.29, 0.717) is 42.1 Å². The predicted octanol–water partition coefficient (Wildman–Crippen LogP) is 2.98. The molecule has 28 heavy (non-hydrogen) atoms. The fourth-order valence-corrected chi connectivity index (χ4v) is 3.07. The van der Waals surface area contributed by atoms with Gasteiger partial charge in [-0.05, 0) is 30.6 Å². The van der Waals surface area contributed by atoms with Gasteiger partial charge in [0, 0.05) is 19.7 Å². The highest BCUT2D eigenvalue weighted by Crippen LogP contribution is 2.26. The van der Waals surface area contributed by atoms with Gasteiger partial charge < -0.3 is 18.8 Å². The number of hydrogen-bond acceptors (Lipinski definition) is 9. The van der Waals surface area contributed by atoms with E-state index in [4.69, 9.17) is 13.7 Å². The van der Waals surface area contributed by atoms with Gasteiger partial charge in [0.15, 0.2) is 5.82 Å². The number of methoxy groups -OCH3 is 1. The Balaban J connectivity index is 1.90. The first-order valence-corrected chi connectivity index (χ1v) is 10.1. The van der Waals surface area contributed by atoms with E-state index in [0.717, 1.165) is 5.75 Å². The van der Waals surface area contributed by atoms with Gasteiger partial charge in [0.25, 0.3) is 5.89 Å². The van der Waals surface area contributed by atoms with Gasteiger partial charge in [-0.15, -0.1) is 0 Å². The van der Waals surface area contributed by atoms with E-state index < -0.39 is 11.7 Å². The number of benzene rings is 1. The van der Waals surface area contributed by atoms with Crippen molar-refractivity contribution in [3.8, 4) is 5.75 Å². The molecule has 0 spiro atoms. The zero-order valence-electron chi connectivity index (χ0n) is 15.6. The van der Waals surface area contributed by atoms with Crippen molar-refractivity contribution in [3.05, 3.63) is 52.0 Å². The fraction of sp³-hybridized carbons (Fsp3) is 0.368. The van der Waals surface area contributed by atoms with Crippen molar-refractivity contribution in [3.63, 3.8) is 0 Å². The Morgan fingerprint density at radius 3 is 3.00 bits per heavy atom. The maximum atomic E-state index is 12.3. The predicted molar refractivity (Wildman–Crippen MR) is 107 cm³/mol. The largest absolute Gasteiger partial charge is 0.506 e. The Kier molecular flexibility index (Phi) is 6.83. The third-order valence-electron chi connectivity index (χ3n) is 4.10. The number of aromatic hydroxyl groups is 1. The summed E-state index contributed by atoms with van der Waals surface area (Å²) in [6.45, 7) is 0.490. The Bertz CT molecular complexity index is 1010. The molecular weight excluding hydrogens is 382 g/mol. The summed E-state index contributed by atoms with van der Waals surface area (Å²) in [5.41, 5.74) is -0.345. The van der Waals surface area contributed by atoms with Crippen LogP contribution in [0.2, 0.25) is 0 Å². The topological polar surface area (TPSA) is 111 Å². The summed E-state index contributed by atoms with van der Waals surface area (Å²) < 4.78 is 15.6. The van der Waals surface area contributed by atoms with E-state index >= 15 is 0 Å². The van der Waals surface area contributed by atoms with Crippen molar-refractivity contribution < 1.29 is 18.8 Å². The van der Waals surface area contributed by atoms with Gasteiger partial charge in [-0.2, -0.15) is 16.7 Å². The third-order valence-corrected chi connectivity index (χ3v) is 4.74. The summed E-state index contributed by atoms with van der Waals surface area (Å²) >= 11 is 1.66. The van der Waals surface area contributed by atoms with Gasteiger partial charge in [-0.25, -0.2) is 4.79 Å². The molecule has 0 bridgehead atoms. The normalized spacial score (nSPS) is 12.8. The lowest BCUT2D eigenvalue weighted by Gasteiger charge is -2.07. The van der Waals surface area contributed by atoms with Gasteiger partial charge in [0.05, 0.1) is 12.0 Å². The smallest absolute Gasteiger partial charge is 0.348 e. The standard InChI is InChI=1S/C19H21N3O5S/c1-25-9-7-16-21-18(27-22-16)14(8-10-28-2)20-11-13-17(23)12-5-3-4-6-15(12)26-19(13)24/h3-6,11,14,23H,7-10H2,1-2H3. The quantitative estimate of drug-likeness (QED) is 0.429. The van der Waals surface area contributed by atoms with Gasteiger partial charge in [0.1, 0.15) is 22.9 Å². The molecule has 2 aromatic heterocycles. The molecule has 0 aliphatic heterocycles. The minimum absolute atomic E-state index is 0.00743. The number of rotatable bonds is 9. The van der Waals surface area contributed by atoms with Crippen molar-refractivity contribution in [2.24, 2.45) is 4.99 Å². The summed E-state index contributed by atoms with van der Waals surface area (Å²) in [5, 5.41) is 14.9. The molecule has 9 heteroatoms. The highest BCUT2D eigenvalue weighted by atomic mass is 32.2. The van der Waals surface area contributed by atoms with E-state index in [1.54, 1.807) is 43.1 Å². The zero-order valence-corrected chi connectivity index (χ0v) is 16.4. The molecule has 1 N–H and O–H groups in total. The van der Waals surface area contributed by atoms with Crippen LogP contribution in [0.1, 0.15) is 29.7 Å². The SMILES string of the molecule is COCCc1noc(C(CCSC)N=Cc2c(O)c3ccccc3oc2=O)n1. The van der Waals surface area contributed by atoms with Crippen molar-refractivity contribution in [2.75, 3.05) is 25.7 Å². The zero-order chi connectivity index (χ0) is 19.9. The molecule has 8 nitrogen and oxygen atoms in total. The number of ether oxygens (including phenoxy) is 1. The van der Waals surface area contributed by atoms with E-state index in [1.807, 2.05) is 6.26 Å². The minimum Gasteiger partial charge on any atom is -0.506 e. The van der Waals surface area contributed by atoms with E-state index in [9.17, 15) is 9.90 Å². The van der Waals surface area contributed by atoms with Gasteiger partial charge in [-0.3, -0.25) is 4.99 Å². The van der Waals surface area contributed by atoms with Crippen LogP contribution in [-0.4, -0.2) is 47.2 Å². The van der Waals surface area contributed by atoms with Crippen LogP contribution >= 0.6 is 11.8 Å². The molecule has 0 saturated carbocycles. The van der Waals surface area contributed by atoms with Crippen molar-refractivity contribution in [2.45, 2.75) is 18.9 Å². The number of aliphatic imine (C=N–C) groups is 1. The van der Waals surface area contributed by atoms with Crippen LogP contribution in [0.5, 0.6) is 5.75 Å². The number of thioether (sulfide) groups is 1. The molecule has 3 rings (SSSR count). The van der Waals surface area contributed by atoms with E-state index in [1.165, 1.54) is 6.21 Å². The highest BCUT2D eigenvalue weighted by molar-refractivity contribution is 7.98. The number of nitrogens with zero attached hydrogens (tertiary/aromatic N) is 3. The van der Waals surface area contributed by atoms with Crippen LogP contribution in [0.15, 0.2) is 43.0 Å².